The summed E-state index contributed by atoms with van der Waals surface area (Å²) in [6.45, 7) is 17.3. The van der Waals surface area contributed by atoms with Crippen molar-refractivity contribution in [2.45, 2.75) is 115 Å². The van der Waals surface area contributed by atoms with Gasteiger partial charge in [-0.05, 0) is 0 Å². The van der Waals surface area contributed by atoms with E-state index in [1.165, 1.54) is 44.9 Å². The lowest BCUT2D eigenvalue weighted by atomic mass is 10.4. The van der Waals surface area contributed by atoms with Crippen LogP contribution in [-0.2, 0) is 0 Å². The van der Waals surface area contributed by atoms with Crippen molar-refractivity contribution in [1.82, 2.24) is 0 Å². The molecule has 0 heterocycles. The molecule has 0 unspecified atom stereocenters. The standard InChI is InChI=1S/3C4H10.C3H8.2CH4/c3*1-3-4-2;1-3-2;;/h3*3-4H2,1-2H3;3H2,1-2H3;2*1H4. The summed E-state index contributed by atoms with van der Waals surface area (Å²) >= 11 is 0. The molecule has 0 N–H and O–H groups in total. The maximum absolute atomic E-state index is 2.18. The van der Waals surface area contributed by atoms with Crippen LogP contribution in [0.5, 0.6) is 0 Å². The van der Waals surface area contributed by atoms with E-state index in [0.29, 0.717) is 0 Å². The lowest BCUT2D eigenvalue weighted by molar-refractivity contribution is 0.886. The van der Waals surface area contributed by atoms with Crippen molar-refractivity contribution in [1.29, 1.82) is 0 Å². The Balaban J connectivity index is -0.0000000230. The summed E-state index contributed by atoms with van der Waals surface area (Å²) in [6.07, 6.45) is 9.17. The van der Waals surface area contributed by atoms with Crippen LogP contribution in [0.1, 0.15) is 115 Å². The molecule has 0 aromatic heterocycles. The van der Waals surface area contributed by atoms with Crippen molar-refractivity contribution in [3.05, 3.63) is 0 Å². The average molecular weight is 251 g/mol. The minimum absolute atomic E-state index is 0. The fourth-order valence-corrected chi connectivity index (χ4v) is 0. The molecule has 0 fully saturated rings. The van der Waals surface area contributed by atoms with Crippen LogP contribution in [0.3, 0.4) is 0 Å². The molecule has 0 nitrogen and oxygen atoms in total. The van der Waals surface area contributed by atoms with E-state index < -0.39 is 0 Å². The molecule has 0 aliphatic rings. The summed E-state index contributed by atoms with van der Waals surface area (Å²) in [5.74, 6) is 0. The van der Waals surface area contributed by atoms with Gasteiger partial charge in [-0.15, -0.1) is 0 Å². The van der Waals surface area contributed by atoms with E-state index in [1.54, 1.807) is 0 Å². The third kappa shape index (κ3) is 348. The summed E-state index contributed by atoms with van der Waals surface area (Å²) in [5, 5.41) is 0. The highest BCUT2D eigenvalue weighted by Crippen LogP contribution is 1.77. The fraction of sp³-hybridized carbons (Fsp3) is 1.00. The molecular formula is C17H46. The highest BCUT2D eigenvalue weighted by Gasteiger charge is 1.57. The molecule has 17 heavy (non-hydrogen) atoms. The first-order valence-electron chi connectivity index (χ1n) is 7.16. The maximum Gasteiger partial charge on any atom is -0.0564 e. The molecule has 0 aliphatic carbocycles. The number of unbranched alkanes of at least 4 members (excludes halogenated alkanes) is 3. The van der Waals surface area contributed by atoms with Gasteiger partial charge in [0.25, 0.3) is 0 Å². The largest absolute Gasteiger partial charge is 0.0776 e. The zero-order valence-electron chi connectivity index (χ0n) is 12.9. The van der Waals surface area contributed by atoms with Crippen molar-refractivity contribution >= 4 is 0 Å². The molecule has 0 aromatic carbocycles. The first-order valence-corrected chi connectivity index (χ1v) is 7.16. The molecule has 0 aliphatic heterocycles. The Kier molecular flexibility index (Phi) is 155. The van der Waals surface area contributed by atoms with Crippen LogP contribution in [0.4, 0.5) is 0 Å². The second kappa shape index (κ2) is 73.5. The predicted octanol–water partition coefficient (Wildman–Crippen LogP) is 8.11. The Morgan fingerprint density at radius 1 is 0.353 bits per heavy atom. The van der Waals surface area contributed by atoms with Crippen LogP contribution in [0.2, 0.25) is 0 Å². The summed E-state index contributed by atoms with van der Waals surface area (Å²) in [7, 11) is 0. The molecule has 0 rings (SSSR count). The van der Waals surface area contributed by atoms with Gasteiger partial charge in [-0.3, -0.25) is 0 Å². The monoisotopic (exact) mass is 250 g/mol. The van der Waals surface area contributed by atoms with Crippen molar-refractivity contribution in [3.63, 3.8) is 0 Å². The SMILES string of the molecule is C.C.CCC.CCCC.CCCC.CCCC. The van der Waals surface area contributed by atoms with Gasteiger partial charge in [0.1, 0.15) is 0 Å². The van der Waals surface area contributed by atoms with Crippen LogP contribution < -0.4 is 0 Å². The van der Waals surface area contributed by atoms with E-state index in [1.807, 2.05) is 0 Å². The van der Waals surface area contributed by atoms with Crippen LogP contribution in [-0.4, -0.2) is 0 Å². The van der Waals surface area contributed by atoms with E-state index >= 15 is 0 Å². The lowest BCUT2D eigenvalue weighted by Crippen LogP contribution is -1.47. The zero-order chi connectivity index (χ0) is 12.9. The van der Waals surface area contributed by atoms with E-state index in [4.69, 9.17) is 0 Å². The highest BCUT2D eigenvalue weighted by molar-refractivity contribution is 4.13. The quantitative estimate of drug-likeness (QED) is 0.474. The second-order valence-electron chi connectivity index (χ2n) is 3.71. The van der Waals surface area contributed by atoms with E-state index in [-0.39, 0.29) is 14.9 Å². The molecule has 0 atom stereocenters. The molecule has 0 heteroatoms. The van der Waals surface area contributed by atoms with Crippen LogP contribution in [0, 0.1) is 0 Å². The van der Waals surface area contributed by atoms with Crippen LogP contribution >= 0.6 is 0 Å². The van der Waals surface area contributed by atoms with Gasteiger partial charge >= 0.3 is 0 Å². The molecule has 0 aromatic rings. The lowest BCUT2D eigenvalue weighted by Gasteiger charge is -1.68. The molecule has 0 amide bonds. The average Bonchev–Trinajstić information content (AvgIpc) is 2.30. The number of hydrogen-bond acceptors (Lipinski definition) is 0. The molecular weight excluding hydrogens is 204 g/mol. The summed E-state index contributed by atoms with van der Waals surface area (Å²) < 4.78 is 0. The van der Waals surface area contributed by atoms with Crippen LogP contribution in [0.25, 0.3) is 0 Å². The van der Waals surface area contributed by atoms with Gasteiger partial charge in [0.05, 0.1) is 0 Å². The first kappa shape index (κ1) is 36.0. The van der Waals surface area contributed by atoms with Crippen molar-refractivity contribution < 1.29 is 0 Å². The van der Waals surface area contributed by atoms with Crippen LogP contribution in [0.15, 0.2) is 0 Å². The van der Waals surface area contributed by atoms with Gasteiger partial charge in [-0.25, -0.2) is 0 Å². The van der Waals surface area contributed by atoms with Gasteiger partial charge in [-0.2, -0.15) is 0 Å². The Morgan fingerprint density at radius 3 is 0.412 bits per heavy atom. The minimum Gasteiger partial charge on any atom is -0.0776 e. The maximum atomic E-state index is 2.18. The van der Waals surface area contributed by atoms with Gasteiger partial charge < -0.3 is 0 Å². The number of rotatable bonds is 3. The Hall–Kier alpha value is 0. The predicted molar refractivity (Wildman–Crippen MR) is 91.2 cm³/mol. The Labute approximate surface area is 116 Å². The van der Waals surface area contributed by atoms with E-state index in [2.05, 4.69) is 55.4 Å². The smallest absolute Gasteiger partial charge is 0.0564 e. The normalized spacial score (nSPS) is 6.35. The molecule has 0 saturated carbocycles. The summed E-state index contributed by atoms with van der Waals surface area (Å²) in [5.41, 5.74) is 0. The van der Waals surface area contributed by atoms with E-state index in [9.17, 15) is 0 Å². The third-order valence-corrected chi connectivity index (χ3v) is 1.50. The van der Waals surface area contributed by atoms with Gasteiger partial charge in [0.15, 0.2) is 0 Å². The van der Waals surface area contributed by atoms with Gasteiger partial charge in [-0.1, -0.05) is 115 Å². The molecule has 114 valence electrons. The fourth-order valence-electron chi connectivity index (χ4n) is 0. The molecule has 0 bridgehead atoms. The van der Waals surface area contributed by atoms with Crippen molar-refractivity contribution in [2.75, 3.05) is 0 Å². The minimum atomic E-state index is 0. The molecule has 0 radical (unpaired) electrons. The summed E-state index contributed by atoms with van der Waals surface area (Å²) in [4.78, 5) is 0. The Bertz CT molecular complexity index is 23.8. The molecule has 0 saturated heterocycles. The third-order valence-electron chi connectivity index (χ3n) is 1.50. The second-order valence-corrected chi connectivity index (χ2v) is 3.71. The summed E-state index contributed by atoms with van der Waals surface area (Å²) in [6, 6.07) is 0. The van der Waals surface area contributed by atoms with Crippen molar-refractivity contribution in [2.24, 2.45) is 0 Å². The zero-order valence-corrected chi connectivity index (χ0v) is 12.9. The molecule has 0 spiro atoms. The first-order chi connectivity index (χ1) is 7.16. The van der Waals surface area contributed by atoms with Gasteiger partial charge in [0.2, 0.25) is 0 Å². The van der Waals surface area contributed by atoms with Gasteiger partial charge in [0, 0.05) is 0 Å². The highest BCUT2D eigenvalue weighted by atomic mass is 13.6. The van der Waals surface area contributed by atoms with E-state index in [0.717, 1.165) is 0 Å². The van der Waals surface area contributed by atoms with Crippen molar-refractivity contribution in [3.8, 4) is 0 Å². The Morgan fingerprint density at radius 2 is 0.412 bits per heavy atom. The topological polar surface area (TPSA) is 0 Å². The number of hydrogen-bond donors (Lipinski definition) is 0.